The van der Waals surface area contributed by atoms with E-state index in [0.29, 0.717) is 42.5 Å². The predicted molar refractivity (Wildman–Crippen MR) is 131 cm³/mol. The summed E-state index contributed by atoms with van der Waals surface area (Å²) >= 11 is 0. The molecular weight excluding hydrogens is 465 g/mol. The van der Waals surface area contributed by atoms with E-state index < -0.39 is 17.5 Å². The van der Waals surface area contributed by atoms with Gasteiger partial charge in [0, 0.05) is 37.7 Å². The van der Waals surface area contributed by atoms with Crippen LogP contribution in [0.5, 0.6) is 0 Å². The second-order valence-corrected chi connectivity index (χ2v) is 9.49. The molecule has 36 heavy (non-hydrogen) atoms. The van der Waals surface area contributed by atoms with Crippen molar-refractivity contribution in [1.82, 2.24) is 14.9 Å². The number of fused-ring (bicyclic) bond motifs is 2. The van der Waals surface area contributed by atoms with Gasteiger partial charge in [-0.05, 0) is 30.0 Å². The number of hydrogen-bond acceptors (Lipinski definition) is 4. The van der Waals surface area contributed by atoms with E-state index in [1.54, 1.807) is 30.2 Å². The monoisotopic (exact) mass is 488 g/mol. The Bertz CT molecular complexity index is 1490. The van der Waals surface area contributed by atoms with Gasteiger partial charge in [0.15, 0.2) is 11.6 Å². The lowest BCUT2D eigenvalue weighted by Crippen LogP contribution is -2.66. The van der Waals surface area contributed by atoms with Gasteiger partial charge in [-0.25, -0.2) is 18.2 Å². The molecule has 5 nitrogen and oxygen atoms in total. The fourth-order valence-electron chi connectivity index (χ4n) is 5.28. The first-order valence-electron chi connectivity index (χ1n) is 11.9. The largest absolute Gasteiger partial charge is 0.353 e. The third-order valence-corrected chi connectivity index (χ3v) is 7.34. The van der Waals surface area contributed by atoms with Crippen molar-refractivity contribution >= 4 is 22.8 Å². The van der Waals surface area contributed by atoms with E-state index in [1.807, 2.05) is 35.2 Å². The molecule has 2 aliphatic heterocycles. The minimum atomic E-state index is -0.974. The molecule has 0 spiro atoms. The molecule has 1 amide bonds. The van der Waals surface area contributed by atoms with Crippen LogP contribution in [0.25, 0.3) is 22.2 Å². The second kappa shape index (κ2) is 8.62. The highest BCUT2D eigenvalue weighted by atomic mass is 19.2. The predicted octanol–water partition coefficient (Wildman–Crippen LogP) is 5.37. The molecule has 6 rings (SSSR count). The summed E-state index contributed by atoms with van der Waals surface area (Å²) in [4.78, 5) is 26.2. The van der Waals surface area contributed by atoms with Gasteiger partial charge in [-0.3, -0.25) is 9.78 Å². The summed E-state index contributed by atoms with van der Waals surface area (Å²) in [5, 5.41) is 0. The van der Waals surface area contributed by atoms with Crippen LogP contribution in [0.4, 0.5) is 19.0 Å². The number of benzene rings is 3. The van der Waals surface area contributed by atoms with Gasteiger partial charge in [-0.15, -0.1) is 0 Å². The molecule has 0 unspecified atom stereocenters. The van der Waals surface area contributed by atoms with Crippen LogP contribution in [0, 0.1) is 30.3 Å². The molecule has 182 valence electrons. The van der Waals surface area contributed by atoms with Gasteiger partial charge in [0.1, 0.15) is 11.6 Å². The first-order chi connectivity index (χ1) is 17.4. The van der Waals surface area contributed by atoms with Gasteiger partial charge in [-0.2, -0.15) is 0 Å². The number of aromatic nitrogens is 2. The van der Waals surface area contributed by atoms with Crippen molar-refractivity contribution in [2.45, 2.75) is 19.4 Å². The summed E-state index contributed by atoms with van der Waals surface area (Å²) < 4.78 is 42.6. The van der Waals surface area contributed by atoms with E-state index in [0.717, 1.165) is 24.1 Å². The molecular formula is C28H23F3N4O. The molecule has 3 heterocycles. The number of rotatable bonds is 3. The van der Waals surface area contributed by atoms with Gasteiger partial charge in [0.2, 0.25) is 0 Å². The Balaban J connectivity index is 1.29. The lowest BCUT2D eigenvalue weighted by atomic mass is 9.81. The van der Waals surface area contributed by atoms with Crippen LogP contribution in [0.3, 0.4) is 0 Å². The van der Waals surface area contributed by atoms with Crippen LogP contribution in [0.2, 0.25) is 0 Å². The molecule has 0 radical (unpaired) electrons. The molecule has 2 aliphatic rings. The van der Waals surface area contributed by atoms with Gasteiger partial charge in [0.05, 0.1) is 28.8 Å². The Hall–Kier alpha value is -3.94. The van der Waals surface area contributed by atoms with E-state index in [2.05, 4.69) is 9.97 Å². The van der Waals surface area contributed by atoms with Crippen LogP contribution in [-0.2, 0) is 0 Å². The Labute approximate surface area is 206 Å². The van der Waals surface area contributed by atoms with Crippen molar-refractivity contribution in [2.24, 2.45) is 5.92 Å². The maximum absolute atomic E-state index is 15.4. The Kier molecular flexibility index (Phi) is 5.39. The SMILES string of the molecule is Cc1ccc(-c2ccccc2)c(C(=O)N2C[C@H]3CCN(c4cnc5cc(F)c(F)cc5n4)C[C@H]32)c1F. The minimum Gasteiger partial charge on any atom is -0.353 e. The number of halogens is 3. The topological polar surface area (TPSA) is 49.3 Å². The zero-order chi connectivity index (χ0) is 25.0. The molecule has 2 fully saturated rings. The maximum atomic E-state index is 15.4. The molecule has 3 aromatic carbocycles. The van der Waals surface area contributed by atoms with Crippen molar-refractivity contribution in [3.05, 3.63) is 89.4 Å². The van der Waals surface area contributed by atoms with E-state index in [1.165, 1.54) is 0 Å². The Morgan fingerprint density at radius 2 is 1.72 bits per heavy atom. The molecule has 1 aromatic heterocycles. The van der Waals surface area contributed by atoms with Gasteiger partial charge < -0.3 is 9.80 Å². The van der Waals surface area contributed by atoms with E-state index in [-0.39, 0.29) is 28.5 Å². The highest BCUT2D eigenvalue weighted by Gasteiger charge is 2.46. The Morgan fingerprint density at radius 1 is 0.972 bits per heavy atom. The molecule has 0 bridgehead atoms. The third kappa shape index (κ3) is 3.68. The number of likely N-dealkylation sites (tertiary alicyclic amines) is 1. The highest BCUT2D eigenvalue weighted by molar-refractivity contribution is 6.02. The molecule has 0 saturated carbocycles. The Morgan fingerprint density at radius 3 is 2.50 bits per heavy atom. The van der Waals surface area contributed by atoms with Gasteiger partial charge in [-0.1, -0.05) is 42.5 Å². The molecule has 8 heteroatoms. The van der Waals surface area contributed by atoms with Crippen LogP contribution in [0.1, 0.15) is 22.3 Å². The number of piperidine rings is 1. The molecule has 0 aliphatic carbocycles. The standard InChI is InChI=1S/C28H23F3N4O/c1-16-7-8-19(17-5-3-2-4-6-17)26(27(16)31)28(36)35-14-18-9-10-34(15-24(18)35)25-13-32-22-11-20(29)21(30)12-23(22)33-25/h2-8,11-13,18,24H,9-10,14-15H2,1H3/t18-,24-/m1/s1. The summed E-state index contributed by atoms with van der Waals surface area (Å²) in [5.74, 6) is -1.89. The lowest BCUT2D eigenvalue weighted by Gasteiger charge is -2.53. The van der Waals surface area contributed by atoms with Crippen LogP contribution in [0.15, 0.2) is 60.8 Å². The minimum absolute atomic E-state index is 0.0970. The van der Waals surface area contributed by atoms with Crippen LogP contribution in [-0.4, -0.2) is 46.5 Å². The van der Waals surface area contributed by atoms with Gasteiger partial charge >= 0.3 is 0 Å². The lowest BCUT2D eigenvalue weighted by molar-refractivity contribution is 0.00749. The smallest absolute Gasteiger partial charge is 0.257 e. The average molecular weight is 489 g/mol. The van der Waals surface area contributed by atoms with Gasteiger partial charge in [0.25, 0.3) is 5.91 Å². The summed E-state index contributed by atoms with van der Waals surface area (Å²) in [5.41, 5.74) is 2.43. The number of carbonyl (C=O) groups is 1. The second-order valence-electron chi connectivity index (χ2n) is 9.49. The van der Waals surface area contributed by atoms with Crippen molar-refractivity contribution < 1.29 is 18.0 Å². The molecule has 0 N–H and O–H groups in total. The quantitative estimate of drug-likeness (QED) is 0.389. The number of hydrogen-bond donors (Lipinski definition) is 0. The highest BCUT2D eigenvalue weighted by Crippen LogP contribution is 2.37. The van der Waals surface area contributed by atoms with Crippen LogP contribution < -0.4 is 4.90 Å². The fraction of sp³-hybridized carbons (Fsp3) is 0.250. The third-order valence-electron chi connectivity index (χ3n) is 7.34. The molecule has 4 aromatic rings. The van der Waals surface area contributed by atoms with Crippen molar-refractivity contribution in [1.29, 1.82) is 0 Å². The summed E-state index contributed by atoms with van der Waals surface area (Å²) in [6.07, 6.45) is 2.38. The maximum Gasteiger partial charge on any atom is 0.257 e. The number of carbonyl (C=O) groups excluding carboxylic acids is 1. The zero-order valence-corrected chi connectivity index (χ0v) is 19.6. The van der Waals surface area contributed by atoms with Crippen molar-refractivity contribution in [3.63, 3.8) is 0 Å². The van der Waals surface area contributed by atoms with Crippen molar-refractivity contribution in [3.8, 4) is 11.1 Å². The average Bonchev–Trinajstić information content (AvgIpc) is 2.87. The number of aryl methyl sites for hydroxylation is 1. The fourth-order valence-corrected chi connectivity index (χ4v) is 5.28. The van der Waals surface area contributed by atoms with E-state index >= 15 is 4.39 Å². The van der Waals surface area contributed by atoms with E-state index in [4.69, 9.17) is 0 Å². The zero-order valence-electron chi connectivity index (χ0n) is 19.6. The normalized spacial score (nSPS) is 19.2. The number of nitrogens with zero attached hydrogens (tertiary/aromatic N) is 4. The molecule has 2 saturated heterocycles. The number of anilines is 1. The molecule has 2 atom stereocenters. The van der Waals surface area contributed by atoms with Crippen LogP contribution >= 0.6 is 0 Å². The first-order valence-corrected chi connectivity index (χ1v) is 11.9. The first kappa shape index (κ1) is 22.5. The summed E-state index contributed by atoms with van der Waals surface area (Å²) in [7, 11) is 0. The number of amides is 1. The summed E-state index contributed by atoms with van der Waals surface area (Å²) in [6, 6.07) is 14.8. The summed E-state index contributed by atoms with van der Waals surface area (Å²) in [6.45, 7) is 3.46. The van der Waals surface area contributed by atoms with E-state index in [9.17, 15) is 13.6 Å². The van der Waals surface area contributed by atoms with Crippen molar-refractivity contribution in [2.75, 3.05) is 24.5 Å².